The van der Waals surface area contributed by atoms with Crippen molar-refractivity contribution < 1.29 is 9.53 Å². The zero-order valence-electron chi connectivity index (χ0n) is 22.0. The highest BCUT2D eigenvalue weighted by molar-refractivity contribution is 5.72. The summed E-state index contributed by atoms with van der Waals surface area (Å²) in [4.78, 5) is 27.0. The van der Waals surface area contributed by atoms with E-state index in [-0.39, 0.29) is 17.6 Å². The molecule has 0 fully saturated rings. The average Bonchev–Trinajstić information content (AvgIpc) is 2.89. The van der Waals surface area contributed by atoms with E-state index < -0.39 is 17.1 Å². The highest BCUT2D eigenvalue weighted by Crippen LogP contribution is 2.42. The van der Waals surface area contributed by atoms with Crippen molar-refractivity contribution in [2.75, 3.05) is 0 Å². The number of amides is 1. The van der Waals surface area contributed by atoms with Crippen molar-refractivity contribution in [1.82, 2.24) is 9.47 Å². The van der Waals surface area contributed by atoms with E-state index in [0.717, 1.165) is 22.3 Å². The van der Waals surface area contributed by atoms with Crippen molar-refractivity contribution in [1.29, 1.82) is 5.26 Å². The van der Waals surface area contributed by atoms with Crippen LogP contribution in [0.4, 0.5) is 4.79 Å². The maximum Gasteiger partial charge on any atom is 0.415 e. The number of hydrogen-bond donors (Lipinski definition) is 0. The lowest BCUT2D eigenvalue weighted by Gasteiger charge is -2.41. The molecule has 4 rings (SSSR count). The summed E-state index contributed by atoms with van der Waals surface area (Å²) in [6.07, 6.45) is 5.44. The van der Waals surface area contributed by atoms with Crippen molar-refractivity contribution in [3.05, 3.63) is 107 Å². The molecule has 0 saturated heterocycles. The molecular formula is C31H33N3O3. The Morgan fingerprint density at radius 3 is 2.19 bits per heavy atom. The average molecular weight is 496 g/mol. The normalized spacial score (nSPS) is 18.4. The Kier molecular flexibility index (Phi) is 7.09. The summed E-state index contributed by atoms with van der Waals surface area (Å²) >= 11 is 0. The van der Waals surface area contributed by atoms with Gasteiger partial charge in [0.2, 0.25) is 0 Å². The van der Waals surface area contributed by atoms with Gasteiger partial charge in [0.15, 0.2) is 5.60 Å². The Hall–Kier alpha value is -4.11. The molecule has 6 heteroatoms. The van der Waals surface area contributed by atoms with Gasteiger partial charge in [-0.2, -0.15) is 5.26 Å². The number of rotatable bonds is 7. The first-order chi connectivity index (χ1) is 17.5. The molecule has 0 saturated carbocycles. The second-order valence-corrected chi connectivity index (χ2v) is 10.6. The fourth-order valence-corrected chi connectivity index (χ4v) is 4.75. The number of carbonyl (C=O) groups is 1. The molecule has 1 amide bonds. The van der Waals surface area contributed by atoms with Crippen LogP contribution in [0.2, 0.25) is 0 Å². The van der Waals surface area contributed by atoms with Gasteiger partial charge in [-0.05, 0) is 69.0 Å². The molecule has 1 aromatic heterocycles. The Morgan fingerprint density at radius 1 is 0.946 bits per heavy atom. The molecule has 3 aromatic rings. The fourth-order valence-electron chi connectivity index (χ4n) is 4.75. The minimum atomic E-state index is -1.02. The van der Waals surface area contributed by atoms with Crippen LogP contribution in [0.3, 0.4) is 0 Å². The van der Waals surface area contributed by atoms with Crippen LogP contribution in [0, 0.1) is 16.7 Å². The van der Waals surface area contributed by atoms with Crippen LogP contribution in [-0.4, -0.2) is 15.6 Å². The second-order valence-electron chi connectivity index (χ2n) is 10.6. The van der Waals surface area contributed by atoms with Crippen molar-refractivity contribution in [2.45, 2.75) is 58.7 Å². The zero-order chi connectivity index (χ0) is 26.8. The predicted molar refractivity (Wildman–Crippen MR) is 145 cm³/mol. The van der Waals surface area contributed by atoms with E-state index in [9.17, 15) is 14.9 Å². The molecule has 0 spiro atoms. The molecule has 6 nitrogen and oxygen atoms in total. The summed E-state index contributed by atoms with van der Waals surface area (Å²) in [6, 6.07) is 23.1. The number of nitrogens with zero attached hydrogens (tertiary/aromatic N) is 3. The summed E-state index contributed by atoms with van der Waals surface area (Å²) in [5.41, 5.74) is 2.00. The Bertz CT molecular complexity index is 1400. The number of carbonyl (C=O) groups excluding carboxylic acids is 1. The number of aromatic nitrogens is 1. The first-order valence-corrected chi connectivity index (χ1v) is 12.6. The van der Waals surface area contributed by atoms with E-state index in [1.807, 2.05) is 108 Å². The van der Waals surface area contributed by atoms with Crippen molar-refractivity contribution in [3.63, 3.8) is 0 Å². The number of benzene rings is 2. The molecule has 0 aliphatic carbocycles. The third-order valence-corrected chi connectivity index (χ3v) is 6.89. The Balaban J connectivity index is 1.61. The first-order valence-electron chi connectivity index (χ1n) is 12.6. The lowest BCUT2D eigenvalue weighted by atomic mass is 9.77. The van der Waals surface area contributed by atoms with Gasteiger partial charge in [0.1, 0.15) is 0 Å². The zero-order valence-corrected chi connectivity index (χ0v) is 22.0. The van der Waals surface area contributed by atoms with Crippen LogP contribution in [-0.2, 0) is 10.3 Å². The summed E-state index contributed by atoms with van der Waals surface area (Å²) in [5, 5.41) is 9.66. The number of nitriles is 1. The van der Waals surface area contributed by atoms with Crippen molar-refractivity contribution in [2.24, 2.45) is 5.41 Å². The van der Waals surface area contributed by atoms with Gasteiger partial charge in [-0.1, -0.05) is 54.6 Å². The molecule has 37 heavy (non-hydrogen) atoms. The van der Waals surface area contributed by atoms with E-state index >= 15 is 0 Å². The van der Waals surface area contributed by atoms with E-state index in [4.69, 9.17) is 4.74 Å². The topological polar surface area (TPSA) is 75.3 Å². The first kappa shape index (κ1) is 26.0. The minimum absolute atomic E-state index is 0.0240. The molecule has 0 radical (unpaired) electrons. The van der Waals surface area contributed by atoms with Crippen LogP contribution in [0.1, 0.15) is 64.3 Å². The molecule has 2 atom stereocenters. The molecule has 0 bridgehead atoms. The molecule has 2 heterocycles. The molecule has 1 aliphatic rings. The maximum absolute atomic E-state index is 13.3. The molecule has 1 aliphatic heterocycles. The Morgan fingerprint density at radius 2 is 1.59 bits per heavy atom. The van der Waals surface area contributed by atoms with Crippen LogP contribution in [0.5, 0.6) is 0 Å². The minimum Gasteiger partial charge on any atom is -0.433 e. The predicted octanol–water partition coefficient (Wildman–Crippen LogP) is 6.96. The van der Waals surface area contributed by atoms with Gasteiger partial charge < -0.3 is 9.30 Å². The molecule has 190 valence electrons. The van der Waals surface area contributed by atoms with Crippen LogP contribution >= 0.6 is 0 Å². The van der Waals surface area contributed by atoms with Gasteiger partial charge >= 0.3 is 6.09 Å². The molecular weight excluding hydrogens is 462 g/mol. The van der Waals surface area contributed by atoms with Gasteiger partial charge in [-0.3, -0.25) is 9.69 Å². The standard InChI is InChI=1S/C31H33N3O3/c1-22(2)34-19-26(15-16-28(34)35)25-13-11-24(12-14-25)23(3)33-18-17-31(37-29(33)36,20-30(4,5)21-32)27-9-7-6-8-10-27/h6-19,22-23H,20H2,1-5H3/t23-,31-/m0/s1. The van der Waals surface area contributed by atoms with E-state index in [1.165, 1.54) is 0 Å². The molecule has 0 unspecified atom stereocenters. The van der Waals surface area contributed by atoms with Crippen LogP contribution in [0.25, 0.3) is 11.1 Å². The summed E-state index contributed by atoms with van der Waals surface area (Å²) < 4.78 is 7.82. The van der Waals surface area contributed by atoms with Gasteiger partial charge in [-0.25, -0.2) is 4.79 Å². The van der Waals surface area contributed by atoms with Gasteiger partial charge in [-0.15, -0.1) is 0 Å². The largest absolute Gasteiger partial charge is 0.433 e. The summed E-state index contributed by atoms with van der Waals surface area (Å²) in [7, 11) is 0. The van der Waals surface area contributed by atoms with Crippen molar-refractivity contribution >= 4 is 6.09 Å². The number of ether oxygens (including phenoxy) is 1. The quantitative estimate of drug-likeness (QED) is 0.355. The smallest absolute Gasteiger partial charge is 0.415 e. The van der Waals surface area contributed by atoms with Gasteiger partial charge in [0.05, 0.1) is 17.5 Å². The third kappa shape index (κ3) is 5.36. The summed E-state index contributed by atoms with van der Waals surface area (Å²) in [5.74, 6) is 0. The SMILES string of the molecule is CC(C)n1cc(-c2ccc([C@H](C)N3C=C[C@](CC(C)(C)C#N)(c4ccccc4)OC3=O)cc2)ccc1=O. The second kappa shape index (κ2) is 10.1. The van der Waals surface area contributed by atoms with Crippen LogP contribution in [0.15, 0.2) is 90.0 Å². The number of pyridine rings is 1. The molecule has 2 aromatic carbocycles. The van der Waals surface area contributed by atoms with E-state index in [0.29, 0.717) is 6.42 Å². The monoisotopic (exact) mass is 495 g/mol. The Labute approximate surface area is 218 Å². The number of hydrogen-bond acceptors (Lipinski definition) is 4. The highest BCUT2D eigenvalue weighted by Gasteiger charge is 2.44. The summed E-state index contributed by atoms with van der Waals surface area (Å²) in [6.45, 7) is 9.62. The highest BCUT2D eigenvalue weighted by atomic mass is 16.6. The fraction of sp³-hybridized carbons (Fsp3) is 0.323. The van der Waals surface area contributed by atoms with E-state index in [2.05, 4.69) is 6.07 Å². The van der Waals surface area contributed by atoms with Gasteiger partial charge in [0, 0.05) is 30.9 Å². The maximum atomic E-state index is 13.3. The lowest BCUT2D eigenvalue weighted by molar-refractivity contribution is -0.0110. The lowest BCUT2D eigenvalue weighted by Crippen LogP contribution is -2.44. The van der Waals surface area contributed by atoms with E-state index in [1.54, 1.807) is 21.7 Å². The van der Waals surface area contributed by atoms with Crippen molar-refractivity contribution in [3.8, 4) is 17.2 Å². The third-order valence-electron chi connectivity index (χ3n) is 6.89. The van der Waals surface area contributed by atoms with Crippen LogP contribution < -0.4 is 5.56 Å². The van der Waals surface area contributed by atoms with Gasteiger partial charge in [0.25, 0.3) is 5.56 Å². The molecule has 0 N–H and O–H groups in total. The number of cyclic esters (lactones) is 1.